The van der Waals surface area contributed by atoms with E-state index < -0.39 is 44.2 Å². The lowest BCUT2D eigenvalue weighted by atomic mass is 9.91. The number of benzene rings is 1. The summed E-state index contributed by atoms with van der Waals surface area (Å²) in [6.45, 7) is 3.89. The first kappa shape index (κ1) is 20.1. The molecule has 0 aliphatic heterocycles. The van der Waals surface area contributed by atoms with Crippen LogP contribution in [0.4, 0.5) is 22.0 Å². The van der Waals surface area contributed by atoms with Crippen LogP contribution in [-0.2, 0) is 6.42 Å². The second-order valence-electron chi connectivity index (χ2n) is 6.75. The monoisotopic (exact) mass is 407 g/mol. The first-order chi connectivity index (χ1) is 12.6. The predicted molar refractivity (Wildman–Crippen MR) is 93.2 cm³/mol. The number of fused-ring (bicyclic) bond motifs is 1. The second-order valence-corrected chi connectivity index (χ2v) is 9.16. The van der Waals surface area contributed by atoms with Gasteiger partial charge in [-0.1, -0.05) is 7.92 Å². The summed E-state index contributed by atoms with van der Waals surface area (Å²) in [7, 11) is -0.488. The molecule has 1 aliphatic rings. The fourth-order valence-corrected chi connectivity index (χ4v) is 3.51. The van der Waals surface area contributed by atoms with Crippen molar-refractivity contribution >= 4 is 7.92 Å². The van der Waals surface area contributed by atoms with Crippen molar-refractivity contribution in [1.82, 2.24) is 4.57 Å². The van der Waals surface area contributed by atoms with Crippen molar-refractivity contribution in [3.05, 3.63) is 47.0 Å². The molecule has 0 spiro atoms. The van der Waals surface area contributed by atoms with Crippen LogP contribution in [-0.4, -0.2) is 35.3 Å². The normalized spacial score (nSPS) is 18.8. The summed E-state index contributed by atoms with van der Waals surface area (Å²) in [5.74, 6) is -4.26. The van der Waals surface area contributed by atoms with Crippen molar-refractivity contribution < 1.29 is 31.8 Å². The summed E-state index contributed by atoms with van der Waals surface area (Å²) in [5.41, 5.74) is -0.256. The molecule has 0 bridgehead atoms. The highest BCUT2D eigenvalue weighted by Gasteiger charge is 2.46. The van der Waals surface area contributed by atoms with Crippen molar-refractivity contribution in [2.75, 3.05) is 19.7 Å². The zero-order valence-electron chi connectivity index (χ0n) is 14.7. The standard InChI is InChI=1S/C18H19F5NO2P/c1-27(2)9-26-14-8-24(10-3-4-12(19)11(7-10)17(20)21)13-5-6-18(22,23)16(25)15(13)14/h3-4,7-8,16-17,25H,5-6,9H2,1-2H3/t16-/m0/s1. The van der Waals surface area contributed by atoms with E-state index in [0.717, 1.165) is 12.1 Å². The maximum absolute atomic E-state index is 14.0. The third-order valence-electron chi connectivity index (χ3n) is 4.45. The highest BCUT2D eigenvalue weighted by atomic mass is 31.1. The van der Waals surface area contributed by atoms with E-state index >= 15 is 0 Å². The Morgan fingerprint density at radius 3 is 2.67 bits per heavy atom. The minimum Gasteiger partial charge on any atom is -0.487 e. The third kappa shape index (κ3) is 3.83. The van der Waals surface area contributed by atoms with Gasteiger partial charge in [0, 0.05) is 17.8 Å². The Morgan fingerprint density at radius 2 is 2.04 bits per heavy atom. The highest BCUT2D eigenvalue weighted by molar-refractivity contribution is 7.55. The molecule has 9 heteroatoms. The molecule has 0 saturated heterocycles. The number of hydrogen-bond donors (Lipinski definition) is 1. The maximum atomic E-state index is 14.0. The molecule has 1 heterocycles. The SMILES string of the molecule is CP(C)COc1cn(-c2ccc(F)c(C(F)F)c2)c2c1[C@H](O)C(F)(F)CC2. The molecule has 0 fully saturated rings. The number of aliphatic hydroxyl groups is 1. The Labute approximate surface area is 154 Å². The molecule has 27 heavy (non-hydrogen) atoms. The van der Waals surface area contributed by atoms with Gasteiger partial charge < -0.3 is 14.4 Å². The first-order valence-electron chi connectivity index (χ1n) is 8.27. The average Bonchev–Trinajstić information content (AvgIpc) is 2.95. The molecular formula is C18H19F5NO2P. The molecule has 0 radical (unpaired) electrons. The fourth-order valence-electron chi connectivity index (χ4n) is 3.11. The zero-order valence-corrected chi connectivity index (χ0v) is 15.6. The Bertz CT molecular complexity index is 837. The number of ether oxygens (including phenoxy) is 1. The molecule has 2 aromatic rings. The molecule has 3 nitrogen and oxygen atoms in total. The number of halogens is 5. The molecule has 1 aromatic carbocycles. The van der Waals surface area contributed by atoms with Gasteiger partial charge in [0.15, 0.2) is 0 Å². The van der Waals surface area contributed by atoms with E-state index in [1.807, 2.05) is 13.3 Å². The van der Waals surface area contributed by atoms with Crippen molar-refractivity contribution in [3.63, 3.8) is 0 Å². The lowest BCUT2D eigenvalue weighted by Crippen LogP contribution is -2.32. The van der Waals surface area contributed by atoms with Gasteiger partial charge in [0.25, 0.3) is 12.3 Å². The molecule has 0 saturated carbocycles. The lowest BCUT2D eigenvalue weighted by molar-refractivity contribution is -0.122. The fraction of sp³-hybridized carbons (Fsp3) is 0.444. The summed E-state index contributed by atoms with van der Waals surface area (Å²) in [6, 6.07) is 3.18. The van der Waals surface area contributed by atoms with Gasteiger partial charge in [0.05, 0.1) is 17.3 Å². The Balaban J connectivity index is 2.12. The van der Waals surface area contributed by atoms with E-state index in [1.165, 1.54) is 16.8 Å². The summed E-state index contributed by atoms with van der Waals surface area (Å²) in [4.78, 5) is 0. The van der Waals surface area contributed by atoms with Crippen molar-refractivity contribution in [2.45, 2.75) is 31.3 Å². The number of aromatic nitrogens is 1. The van der Waals surface area contributed by atoms with E-state index in [-0.39, 0.29) is 23.4 Å². The van der Waals surface area contributed by atoms with Crippen molar-refractivity contribution in [2.24, 2.45) is 0 Å². The van der Waals surface area contributed by atoms with Crippen molar-refractivity contribution in [3.8, 4) is 11.4 Å². The minimum atomic E-state index is -3.31. The molecule has 1 atom stereocenters. The quantitative estimate of drug-likeness (QED) is 0.543. The summed E-state index contributed by atoms with van der Waals surface area (Å²) in [6.07, 6.45) is -4.01. The van der Waals surface area contributed by atoms with Gasteiger partial charge in [-0.05, 0) is 37.9 Å². The van der Waals surface area contributed by atoms with E-state index in [4.69, 9.17) is 4.74 Å². The van der Waals surface area contributed by atoms with Crippen molar-refractivity contribution in [1.29, 1.82) is 0 Å². The van der Waals surface area contributed by atoms with Crippen LogP contribution in [0.3, 0.4) is 0 Å². The molecule has 3 rings (SSSR count). The van der Waals surface area contributed by atoms with Crippen LogP contribution in [0.25, 0.3) is 5.69 Å². The Morgan fingerprint density at radius 1 is 1.33 bits per heavy atom. The van der Waals surface area contributed by atoms with E-state index in [1.54, 1.807) is 0 Å². The summed E-state index contributed by atoms with van der Waals surface area (Å²) in [5, 5.41) is 10.2. The summed E-state index contributed by atoms with van der Waals surface area (Å²) >= 11 is 0. The number of alkyl halides is 4. The van der Waals surface area contributed by atoms with Crippen LogP contribution < -0.4 is 4.74 Å². The lowest BCUT2D eigenvalue weighted by Gasteiger charge is -2.29. The predicted octanol–water partition coefficient (Wildman–Crippen LogP) is 5.25. The maximum Gasteiger partial charge on any atom is 0.278 e. The number of rotatable bonds is 5. The first-order valence-corrected chi connectivity index (χ1v) is 10.7. The second kappa shape index (κ2) is 7.40. The van der Waals surface area contributed by atoms with Gasteiger partial charge in [-0.15, -0.1) is 0 Å². The molecule has 0 unspecified atom stereocenters. The number of nitrogens with zero attached hydrogens (tertiary/aromatic N) is 1. The van der Waals surface area contributed by atoms with Gasteiger partial charge in [-0.3, -0.25) is 0 Å². The smallest absolute Gasteiger partial charge is 0.278 e. The van der Waals surface area contributed by atoms with Crippen LogP contribution in [0.1, 0.15) is 35.8 Å². The molecule has 148 valence electrons. The van der Waals surface area contributed by atoms with Gasteiger partial charge in [-0.2, -0.15) is 0 Å². The number of aliphatic hydroxyl groups excluding tert-OH is 1. The van der Waals surface area contributed by atoms with E-state index in [2.05, 4.69) is 0 Å². The van der Waals surface area contributed by atoms with Crippen LogP contribution in [0.5, 0.6) is 5.75 Å². The van der Waals surface area contributed by atoms with Crippen LogP contribution in [0.15, 0.2) is 24.4 Å². The molecule has 1 aromatic heterocycles. The topological polar surface area (TPSA) is 34.4 Å². The Kier molecular flexibility index (Phi) is 5.50. The molecule has 1 N–H and O–H groups in total. The van der Waals surface area contributed by atoms with Crippen LogP contribution in [0, 0.1) is 5.82 Å². The van der Waals surface area contributed by atoms with Gasteiger partial charge in [0.1, 0.15) is 24.0 Å². The largest absolute Gasteiger partial charge is 0.487 e. The highest BCUT2D eigenvalue weighted by Crippen LogP contribution is 2.47. The van der Waals surface area contributed by atoms with E-state index in [0.29, 0.717) is 12.0 Å². The van der Waals surface area contributed by atoms with Crippen LogP contribution >= 0.6 is 7.92 Å². The van der Waals surface area contributed by atoms with Gasteiger partial charge >= 0.3 is 0 Å². The van der Waals surface area contributed by atoms with Gasteiger partial charge in [-0.25, -0.2) is 22.0 Å². The minimum absolute atomic E-state index is 0.0361. The van der Waals surface area contributed by atoms with E-state index in [9.17, 15) is 27.1 Å². The van der Waals surface area contributed by atoms with Crippen LogP contribution in [0.2, 0.25) is 0 Å². The molecule has 0 amide bonds. The Hall–Kier alpha value is -1.66. The zero-order chi connectivity index (χ0) is 19.9. The summed E-state index contributed by atoms with van der Waals surface area (Å²) < 4.78 is 74.8. The average molecular weight is 407 g/mol. The van der Waals surface area contributed by atoms with Gasteiger partial charge in [0.2, 0.25) is 0 Å². The molecular weight excluding hydrogens is 388 g/mol. The number of hydrogen-bond acceptors (Lipinski definition) is 2. The molecule has 1 aliphatic carbocycles. The third-order valence-corrected chi connectivity index (χ3v) is 5.10.